The van der Waals surface area contributed by atoms with Crippen LogP contribution >= 0.6 is 0 Å². The van der Waals surface area contributed by atoms with Gasteiger partial charge in [0.2, 0.25) is 5.95 Å². The van der Waals surface area contributed by atoms with Crippen LogP contribution in [0.25, 0.3) is 0 Å². The van der Waals surface area contributed by atoms with Gasteiger partial charge < -0.3 is 15.1 Å². The Hall–Kier alpha value is -3.29. The Morgan fingerprint density at radius 3 is 2.37 bits per heavy atom. The molecule has 27 heavy (non-hydrogen) atoms. The zero-order valence-corrected chi connectivity index (χ0v) is 14.5. The minimum Gasteiger partial charge on any atom is -0.368 e. The van der Waals surface area contributed by atoms with Crippen LogP contribution in [0.15, 0.2) is 54.7 Å². The van der Waals surface area contributed by atoms with Crippen LogP contribution in [0.1, 0.15) is 0 Å². The number of benzene rings is 2. The van der Waals surface area contributed by atoms with Crippen molar-refractivity contribution in [2.24, 2.45) is 0 Å². The molecule has 1 aromatic heterocycles. The molecule has 0 saturated carbocycles. The summed E-state index contributed by atoms with van der Waals surface area (Å²) in [6, 6.07) is 13.5. The summed E-state index contributed by atoms with van der Waals surface area (Å²) in [5, 5.41) is 10.6. The molecular formula is C19H18F2N6. The Labute approximate surface area is 155 Å². The molecule has 0 unspecified atom stereocenters. The molecule has 2 heterocycles. The van der Waals surface area contributed by atoms with E-state index in [1.165, 1.54) is 17.8 Å². The lowest BCUT2D eigenvalue weighted by Crippen LogP contribution is -2.46. The second-order valence-corrected chi connectivity index (χ2v) is 6.20. The van der Waals surface area contributed by atoms with Crippen molar-refractivity contribution in [2.75, 3.05) is 41.3 Å². The lowest BCUT2D eigenvalue weighted by molar-refractivity contribution is 0.586. The van der Waals surface area contributed by atoms with E-state index >= 15 is 0 Å². The van der Waals surface area contributed by atoms with Gasteiger partial charge in [0.15, 0.2) is 5.82 Å². The number of aromatic nitrogens is 3. The first-order chi connectivity index (χ1) is 13.2. The Morgan fingerprint density at radius 2 is 1.63 bits per heavy atom. The summed E-state index contributed by atoms with van der Waals surface area (Å²) < 4.78 is 26.8. The Kier molecular flexibility index (Phi) is 4.78. The van der Waals surface area contributed by atoms with Gasteiger partial charge in [-0.05, 0) is 24.3 Å². The molecule has 8 heteroatoms. The Morgan fingerprint density at radius 1 is 0.889 bits per heavy atom. The van der Waals surface area contributed by atoms with E-state index in [2.05, 4.69) is 42.4 Å². The van der Waals surface area contributed by atoms with E-state index in [4.69, 9.17) is 0 Å². The van der Waals surface area contributed by atoms with Crippen LogP contribution < -0.4 is 15.1 Å². The Bertz CT molecular complexity index is 913. The van der Waals surface area contributed by atoms with Gasteiger partial charge in [0.1, 0.15) is 11.6 Å². The maximum absolute atomic E-state index is 13.8. The van der Waals surface area contributed by atoms with Crippen LogP contribution in [0, 0.1) is 11.6 Å². The smallest absolute Gasteiger partial charge is 0.249 e. The number of nitrogens with zero attached hydrogens (tertiary/aromatic N) is 5. The zero-order chi connectivity index (χ0) is 18.6. The summed E-state index contributed by atoms with van der Waals surface area (Å²) in [5.74, 6) is -0.506. The van der Waals surface area contributed by atoms with Crippen LogP contribution in [-0.2, 0) is 0 Å². The fourth-order valence-corrected chi connectivity index (χ4v) is 3.04. The number of para-hydroxylation sites is 1. The van der Waals surface area contributed by atoms with E-state index in [-0.39, 0.29) is 11.6 Å². The number of anilines is 4. The van der Waals surface area contributed by atoms with E-state index in [9.17, 15) is 8.78 Å². The highest BCUT2D eigenvalue weighted by Crippen LogP contribution is 2.21. The van der Waals surface area contributed by atoms with Gasteiger partial charge in [0.05, 0.1) is 11.9 Å². The topological polar surface area (TPSA) is 57.2 Å². The third-order valence-electron chi connectivity index (χ3n) is 4.45. The van der Waals surface area contributed by atoms with E-state index in [1.54, 1.807) is 6.20 Å². The second kappa shape index (κ2) is 7.53. The summed E-state index contributed by atoms with van der Waals surface area (Å²) in [4.78, 5) is 8.84. The van der Waals surface area contributed by atoms with Crippen molar-refractivity contribution < 1.29 is 8.78 Å². The fraction of sp³-hybridized carbons (Fsp3) is 0.211. The standard InChI is InChI=1S/C19H18F2N6/c20-14-6-7-17(16(21)12-14)23-19-24-18(13-22-25-19)27-10-8-26(9-11-27)15-4-2-1-3-5-15/h1-7,12-13H,8-11H2,(H,23,24,25). The highest BCUT2D eigenvalue weighted by atomic mass is 19.1. The molecule has 6 nitrogen and oxygen atoms in total. The third-order valence-corrected chi connectivity index (χ3v) is 4.45. The molecule has 1 fully saturated rings. The minimum absolute atomic E-state index is 0.101. The van der Waals surface area contributed by atoms with Gasteiger partial charge in [-0.1, -0.05) is 18.2 Å². The second-order valence-electron chi connectivity index (χ2n) is 6.20. The van der Waals surface area contributed by atoms with E-state index in [0.717, 1.165) is 32.2 Å². The number of halogens is 2. The van der Waals surface area contributed by atoms with Gasteiger partial charge in [-0.2, -0.15) is 10.1 Å². The minimum atomic E-state index is -0.708. The number of rotatable bonds is 4. The molecule has 0 radical (unpaired) electrons. The molecule has 4 rings (SSSR count). The van der Waals surface area contributed by atoms with Gasteiger partial charge in [0, 0.05) is 37.9 Å². The van der Waals surface area contributed by atoms with Crippen molar-refractivity contribution in [2.45, 2.75) is 0 Å². The van der Waals surface area contributed by atoms with Crippen LogP contribution in [0.3, 0.4) is 0 Å². The third kappa shape index (κ3) is 3.94. The molecule has 138 valence electrons. The molecule has 1 aliphatic heterocycles. The van der Waals surface area contributed by atoms with E-state index in [0.29, 0.717) is 5.82 Å². The summed E-state index contributed by atoms with van der Waals surface area (Å²) in [5.41, 5.74) is 1.30. The fourth-order valence-electron chi connectivity index (χ4n) is 3.04. The largest absolute Gasteiger partial charge is 0.368 e. The maximum Gasteiger partial charge on any atom is 0.249 e. The molecule has 3 aromatic rings. The monoisotopic (exact) mass is 368 g/mol. The lowest BCUT2D eigenvalue weighted by atomic mass is 10.2. The lowest BCUT2D eigenvalue weighted by Gasteiger charge is -2.36. The highest BCUT2D eigenvalue weighted by molar-refractivity contribution is 5.55. The zero-order valence-electron chi connectivity index (χ0n) is 14.5. The van der Waals surface area contributed by atoms with Crippen LogP contribution in [0.4, 0.5) is 31.9 Å². The summed E-state index contributed by atoms with van der Waals surface area (Å²) in [7, 11) is 0. The average molecular weight is 368 g/mol. The summed E-state index contributed by atoms with van der Waals surface area (Å²) >= 11 is 0. The Balaban J connectivity index is 1.44. The van der Waals surface area contributed by atoms with Crippen molar-refractivity contribution in [3.05, 3.63) is 66.4 Å². The molecule has 1 aliphatic rings. The first-order valence-corrected chi connectivity index (χ1v) is 8.66. The van der Waals surface area contributed by atoms with E-state index < -0.39 is 11.6 Å². The van der Waals surface area contributed by atoms with Crippen molar-refractivity contribution in [3.63, 3.8) is 0 Å². The van der Waals surface area contributed by atoms with Crippen molar-refractivity contribution >= 4 is 23.1 Å². The molecule has 0 spiro atoms. The SMILES string of the molecule is Fc1ccc(Nc2nncc(N3CCN(c4ccccc4)CC3)n2)c(F)c1. The predicted octanol–water partition coefficient (Wildman–Crippen LogP) is 3.22. The first kappa shape index (κ1) is 17.1. The number of hydrogen-bond acceptors (Lipinski definition) is 6. The van der Waals surface area contributed by atoms with Gasteiger partial charge >= 0.3 is 0 Å². The average Bonchev–Trinajstić information content (AvgIpc) is 2.71. The molecular weight excluding hydrogens is 350 g/mol. The molecule has 1 saturated heterocycles. The van der Waals surface area contributed by atoms with Gasteiger partial charge in [0.25, 0.3) is 0 Å². The molecule has 0 amide bonds. The van der Waals surface area contributed by atoms with Crippen molar-refractivity contribution in [1.82, 2.24) is 15.2 Å². The highest BCUT2D eigenvalue weighted by Gasteiger charge is 2.19. The number of nitrogens with one attached hydrogen (secondary N) is 1. The molecule has 0 bridgehead atoms. The summed E-state index contributed by atoms with van der Waals surface area (Å²) in [6.45, 7) is 3.31. The maximum atomic E-state index is 13.8. The van der Waals surface area contributed by atoms with E-state index in [1.807, 2.05) is 18.2 Å². The van der Waals surface area contributed by atoms with Gasteiger partial charge in [-0.3, -0.25) is 0 Å². The van der Waals surface area contributed by atoms with Gasteiger partial charge in [-0.25, -0.2) is 8.78 Å². The van der Waals surface area contributed by atoms with Crippen molar-refractivity contribution in [1.29, 1.82) is 0 Å². The number of hydrogen-bond donors (Lipinski definition) is 1. The molecule has 0 aliphatic carbocycles. The van der Waals surface area contributed by atoms with Crippen LogP contribution in [-0.4, -0.2) is 41.4 Å². The first-order valence-electron chi connectivity index (χ1n) is 8.66. The number of piperazine rings is 1. The molecule has 0 atom stereocenters. The molecule has 2 aromatic carbocycles. The quantitative estimate of drug-likeness (QED) is 0.763. The van der Waals surface area contributed by atoms with Crippen molar-refractivity contribution in [3.8, 4) is 0 Å². The van der Waals surface area contributed by atoms with Crippen LogP contribution in [0.5, 0.6) is 0 Å². The normalized spacial score (nSPS) is 14.3. The predicted molar refractivity (Wildman–Crippen MR) is 100 cm³/mol. The molecule has 1 N–H and O–H groups in total. The summed E-state index contributed by atoms with van der Waals surface area (Å²) in [6.07, 6.45) is 1.59. The van der Waals surface area contributed by atoms with Gasteiger partial charge in [-0.15, -0.1) is 5.10 Å². The van der Waals surface area contributed by atoms with Crippen LogP contribution in [0.2, 0.25) is 0 Å².